The number of hydrogen-bond acceptors (Lipinski definition) is 6. The first kappa shape index (κ1) is 19.2. The molecule has 0 atom stereocenters. The van der Waals surface area contributed by atoms with E-state index < -0.39 is 5.97 Å². The summed E-state index contributed by atoms with van der Waals surface area (Å²) in [5.74, 6) is -0.615. The van der Waals surface area contributed by atoms with Crippen molar-refractivity contribution >= 4 is 51.2 Å². The summed E-state index contributed by atoms with van der Waals surface area (Å²) in [6.45, 7) is 0.539. The molecule has 0 saturated heterocycles. The topological polar surface area (TPSA) is 73.2 Å². The second-order valence-corrected chi connectivity index (χ2v) is 8.99. The average molecular weight is 436 g/mol. The number of hydrogen-bond donors (Lipinski definition) is 1. The standard InChI is InChI=1S/C19H18ClN3O3S2/c1-26-19(25)16-13-4-2-3-5-14(13)28-18(16)22-17(24)15-6-11(10-27-15)8-23-9-12(20)7-21-23/h6-7,9-10H,2-5,8H2,1H3,(H,22,24). The Morgan fingerprint density at radius 1 is 1.36 bits per heavy atom. The molecule has 6 nitrogen and oxygen atoms in total. The number of aryl methyl sites for hydroxylation is 1. The molecule has 0 aliphatic heterocycles. The summed E-state index contributed by atoms with van der Waals surface area (Å²) in [5, 5.41) is 10.2. The fraction of sp³-hybridized carbons (Fsp3) is 0.316. The quantitative estimate of drug-likeness (QED) is 0.593. The van der Waals surface area contributed by atoms with Gasteiger partial charge in [-0.05, 0) is 48.3 Å². The first-order valence-corrected chi connectivity index (χ1v) is 10.9. The Bertz CT molecular complexity index is 1040. The van der Waals surface area contributed by atoms with Crippen LogP contribution in [0, 0.1) is 0 Å². The lowest BCUT2D eigenvalue weighted by Gasteiger charge is -2.11. The number of carbonyl (C=O) groups excluding carboxylic acids is 2. The van der Waals surface area contributed by atoms with Crippen LogP contribution in [0.25, 0.3) is 0 Å². The van der Waals surface area contributed by atoms with Crippen molar-refractivity contribution in [2.45, 2.75) is 32.2 Å². The van der Waals surface area contributed by atoms with Crippen molar-refractivity contribution in [2.24, 2.45) is 0 Å². The molecular formula is C19H18ClN3O3S2. The van der Waals surface area contributed by atoms with Gasteiger partial charge in [-0.25, -0.2) is 4.79 Å². The number of ether oxygens (including phenoxy) is 1. The molecule has 3 aromatic heterocycles. The lowest BCUT2D eigenvalue weighted by atomic mass is 9.95. The number of anilines is 1. The number of thiophene rings is 2. The van der Waals surface area contributed by atoms with E-state index in [1.165, 1.54) is 34.7 Å². The van der Waals surface area contributed by atoms with Crippen molar-refractivity contribution in [1.82, 2.24) is 9.78 Å². The van der Waals surface area contributed by atoms with Gasteiger partial charge in [0.1, 0.15) is 5.00 Å². The van der Waals surface area contributed by atoms with Gasteiger partial charge >= 0.3 is 5.97 Å². The molecule has 0 radical (unpaired) electrons. The molecule has 3 heterocycles. The molecule has 1 N–H and O–H groups in total. The molecule has 0 saturated carbocycles. The Hall–Kier alpha value is -2.16. The number of aromatic nitrogens is 2. The number of carbonyl (C=O) groups is 2. The summed E-state index contributed by atoms with van der Waals surface area (Å²) in [7, 11) is 1.37. The number of esters is 1. The van der Waals surface area contributed by atoms with Crippen molar-refractivity contribution in [1.29, 1.82) is 0 Å². The van der Waals surface area contributed by atoms with Crippen molar-refractivity contribution in [3.8, 4) is 0 Å². The van der Waals surface area contributed by atoms with Crippen LogP contribution < -0.4 is 5.32 Å². The molecule has 0 bridgehead atoms. The molecule has 0 spiro atoms. The summed E-state index contributed by atoms with van der Waals surface area (Å²) in [6, 6.07) is 1.83. The number of nitrogens with zero attached hydrogens (tertiary/aromatic N) is 2. The van der Waals surface area contributed by atoms with E-state index in [0.717, 1.165) is 36.8 Å². The Labute approximate surface area is 175 Å². The average Bonchev–Trinajstić information content (AvgIpc) is 3.40. The fourth-order valence-corrected chi connectivity index (χ4v) is 5.55. The van der Waals surface area contributed by atoms with Crippen molar-refractivity contribution < 1.29 is 14.3 Å². The third kappa shape index (κ3) is 3.85. The maximum Gasteiger partial charge on any atom is 0.341 e. The highest BCUT2D eigenvalue weighted by Crippen LogP contribution is 2.38. The second-order valence-electron chi connectivity index (χ2n) is 6.54. The normalized spacial score (nSPS) is 13.2. The summed E-state index contributed by atoms with van der Waals surface area (Å²) in [4.78, 5) is 26.8. The Morgan fingerprint density at radius 2 is 2.18 bits per heavy atom. The molecular weight excluding hydrogens is 418 g/mol. The smallest absolute Gasteiger partial charge is 0.341 e. The second kappa shape index (κ2) is 8.06. The number of halogens is 1. The van der Waals surface area contributed by atoms with Crippen molar-refractivity contribution in [3.63, 3.8) is 0 Å². The lowest BCUT2D eigenvalue weighted by molar-refractivity contribution is 0.0601. The molecule has 1 aliphatic carbocycles. The van der Waals surface area contributed by atoms with Crippen LogP contribution >= 0.6 is 34.3 Å². The third-order valence-electron chi connectivity index (χ3n) is 4.61. The highest BCUT2D eigenvalue weighted by Gasteiger charge is 2.27. The molecule has 9 heteroatoms. The predicted molar refractivity (Wildman–Crippen MR) is 111 cm³/mol. The number of methoxy groups -OCH3 is 1. The zero-order chi connectivity index (χ0) is 19.7. The molecule has 4 rings (SSSR count). The van der Waals surface area contributed by atoms with E-state index in [1.807, 2.05) is 11.4 Å². The molecule has 0 unspecified atom stereocenters. The maximum absolute atomic E-state index is 12.8. The van der Waals surface area contributed by atoms with Crippen LogP contribution in [0.15, 0.2) is 23.8 Å². The van der Waals surface area contributed by atoms with E-state index in [0.29, 0.717) is 27.0 Å². The summed E-state index contributed by atoms with van der Waals surface area (Å²) in [6.07, 6.45) is 7.25. The minimum atomic E-state index is -0.392. The summed E-state index contributed by atoms with van der Waals surface area (Å²) in [5.41, 5.74) is 2.51. The highest BCUT2D eigenvalue weighted by atomic mass is 35.5. The van der Waals surface area contributed by atoms with E-state index in [4.69, 9.17) is 16.3 Å². The van der Waals surface area contributed by atoms with Gasteiger partial charge in [-0.3, -0.25) is 9.48 Å². The number of rotatable bonds is 5. The van der Waals surface area contributed by atoms with E-state index >= 15 is 0 Å². The molecule has 0 fully saturated rings. The first-order valence-electron chi connectivity index (χ1n) is 8.84. The van der Waals surface area contributed by atoms with Gasteiger partial charge in [0.25, 0.3) is 5.91 Å². The Balaban J connectivity index is 1.54. The Morgan fingerprint density at radius 3 is 2.93 bits per heavy atom. The highest BCUT2D eigenvalue weighted by molar-refractivity contribution is 7.17. The first-order chi connectivity index (χ1) is 13.5. The fourth-order valence-electron chi connectivity index (χ4n) is 3.33. The van der Waals surface area contributed by atoms with Gasteiger partial charge in [0, 0.05) is 11.1 Å². The third-order valence-corrected chi connectivity index (χ3v) is 6.99. The van der Waals surface area contributed by atoms with Crippen LogP contribution in [0.5, 0.6) is 0 Å². The van der Waals surface area contributed by atoms with Gasteiger partial charge < -0.3 is 10.1 Å². The monoisotopic (exact) mass is 435 g/mol. The van der Waals surface area contributed by atoms with E-state index in [9.17, 15) is 9.59 Å². The molecule has 28 heavy (non-hydrogen) atoms. The van der Waals surface area contributed by atoms with Gasteiger partial charge in [0.15, 0.2) is 0 Å². The summed E-state index contributed by atoms with van der Waals surface area (Å²) >= 11 is 8.73. The van der Waals surface area contributed by atoms with Gasteiger partial charge in [-0.2, -0.15) is 5.10 Å². The van der Waals surface area contributed by atoms with Crippen LogP contribution in [0.2, 0.25) is 5.02 Å². The number of amides is 1. The number of nitrogens with one attached hydrogen (secondary N) is 1. The minimum Gasteiger partial charge on any atom is -0.465 e. The molecule has 0 aromatic carbocycles. The number of fused-ring (bicyclic) bond motifs is 1. The van der Waals surface area contributed by atoms with Gasteiger partial charge in [0.2, 0.25) is 0 Å². The predicted octanol–water partition coefficient (Wildman–Crippen LogP) is 4.63. The minimum absolute atomic E-state index is 0.224. The van der Waals surface area contributed by atoms with Crippen molar-refractivity contribution in [3.05, 3.63) is 55.3 Å². The van der Waals surface area contributed by atoms with Gasteiger partial charge in [-0.15, -0.1) is 22.7 Å². The van der Waals surface area contributed by atoms with E-state index in [1.54, 1.807) is 17.1 Å². The lowest BCUT2D eigenvalue weighted by Crippen LogP contribution is -2.14. The molecule has 1 aliphatic rings. The van der Waals surface area contributed by atoms with Crippen LogP contribution in [-0.2, 0) is 24.1 Å². The van der Waals surface area contributed by atoms with Crippen LogP contribution in [0.3, 0.4) is 0 Å². The van der Waals surface area contributed by atoms with Gasteiger partial charge in [0.05, 0.1) is 35.3 Å². The Kier molecular flexibility index (Phi) is 5.52. The zero-order valence-electron chi connectivity index (χ0n) is 15.2. The molecule has 146 valence electrons. The summed E-state index contributed by atoms with van der Waals surface area (Å²) < 4.78 is 6.68. The molecule has 1 amide bonds. The SMILES string of the molecule is COC(=O)c1c(NC(=O)c2cc(Cn3cc(Cl)cn3)cs2)sc2c1CCCC2. The van der Waals surface area contributed by atoms with Crippen LogP contribution in [-0.4, -0.2) is 28.8 Å². The molecule has 3 aromatic rings. The zero-order valence-corrected chi connectivity index (χ0v) is 17.5. The van der Waals surface area contributed by atoms with Crippen LogP contribution in [0.1, 0.15) is 48.9 Å². The van der Waals surface area contributed by atoms with E-state index in [-0.39, 0.29) is 5.91 Å². The van der Waals surface area contributed by atoms with Crippen molar-refractivity contribution in [2.75, 3.05) is 12.4 Å². The van der Waals surface area contributed by atoms with E-state index in [2.05, 4.69) is 10.4 Å². The van der Waals surface area contributed by atoms with Gasteiger partial charge in [-0.1, -0.05) is 11.6 Å². The van der Waals surface area contributed by atoms with Crippen LogP contribution in [0.4, 0.5) is 5.00 Å². The largest absolute Gasteiger partial charge is 0.465 e. The maximum atomic E-state index is 12.8.